The summed E-state index contributed by atoms with van der Waals surface area (Å²) < 4.78 is 0. The Bertz CT molecular complexity index is 983. The first-order chi connectivity index (χ1) is 16.1. The van der Waals surface area contributed by atoms with Gasteiger partial charge in [0, 0.05) is 0 Å². The lowest BCUT2D eigenvalue weighted by molar-refractivity contribution is -0.206. The Morgan fingerprint density at radius 3 is 2.11 bits per heavy atom. The highest BCUT2D eigenvalue weighted by atomic mass is 16.4. The van der Waals surface area contributed by atoms with Gasteiger partial charge in [0.05, 0.1) is 16.9 Å². The molecule has 5 aliphatic rings. The summed E-state index contributed by atoms with van der Waals surface area (Å²) in [6.07, 6.45) is 9.97. The van der Waals surface area contributed by atoms with Gasteiger partial charge < -0.3 is 15.3 Å². The zero-order chi connectivity index (χ0) is 25.8. The third-order valence-electron chi connectivity index (χ3n) is 13.3. The van der Waals surface area contributed by atoms with Gasteiger partial charge in [0.1, 0.15) is 0 Å². The van der Waals surface area contributed by atoms with Gasteiger partial charge in [-0.3, -0.25) is 9.59 Å². The summed E-state index contributed by atoms with van der Waals surface area (Å²) >= 11 is 0. The number of aliphatic hydroxyl groups is 1. The molecule has 35 heavy (non-hydrogen) atoms. The van der Waals surface area contributed by atoms with Gasteiger partial charge in [-0.05, 0) is 111 Å². The highest BCUT2D eigenvalue weighted by molar-refractivity contribution is 5.79. The Hall–Kier alpha value is -1.36. The summed E-state index contributed by atoms with van der Waals surface area (Å²) in [5.74, 6) is -0.770. The minimum absolute atomic E-state index is 0.0441. The normalized spacial score (nSPS) is 52.7. The molecule has 0 bridgehead atoms. The van der Waals surface area contributed by atoms with Crippen LogP contribution in [0.15, 0.2) is 11.6 Å². The van der Waals surface area contributed by atoms with Gasteiger partial charge in [-0.25, -0.2) is 0 Å². The fraction of sp³-hybridized carbons (Fsp3) is 0.867. The zero-order valence-corrected chi connectivity index (χ0v) is 22.6. The van der Waals surface area contributed by atoms with Crippen LogP contribution in [0.1, 0.15) is 106 Å². The summed E-state index contributed by atoms with van der Waals surface area (Å²) in [6.45, 7) is 13.7. The first kappa shape index (κ1) is 25.3. The number of hydrogen-bond acceptors (Lipinski definition) is 3. The Balaban J connectivity index is 1.60. The van der Waals surface area contributed by atoms with Crippen molar-refractivity contribution >= 4 is 11.9 Å². The maximum Gasteiger partial charge on any atom is 0.310 e. The lowest BCUT2D eigenvalue weighted by Crippen LogP contribution is -2.65. The smallest absolute Gasteiger partial charge is 0.310 e. The van der Waals surface area contributed by atoms with Gasteiger partial charge in [0.25, 0.3) is 0 Å². The van der Waals surface area contributed by atoms with Crippen LogP contribution in [0, 0.1) is 50.2 Å². The number of carbonyl (C=O) groups is 2. The summed E-state index contributed by atoms with van der Waals surface area (Å²) in [7, 11) is 0. The van der Waals surface area contributed by atoms with Crippen LogP contribution in [-0.2, 0) is 9.59 Å². The number of carboxylic acid groups (broad SMARTS) is 2. The van der Waals surface area contributed by atoms with Crippen molar-refractivity contribution in [1.82, 2.24) is 0 Å². The van der Waals surface area contributed by atoms with Crippen LogP contribution in [0.2, 0.25) is 0 Å². The summed E-state index contributed by atoms with van der Waals surface area (Å²) in [5.41, 5.74) is -0.474. The minimum atomic E-state index is -0.867. The van der Waals surface area contributed by atoms with Crippen LogP contribution in [0.4, 0.5) is 0 Å². The van der Waals surface area contributed by atoms with E-state index in [9.17, 15) is 24.9 Å². The van der Waals surface area contributed by atoms with Gasteiger partial charge in [-0.1, -0.05) is 46.3 Å². The first-order valence-electron chi connectivity index (χ1n) is 13.9. The van der Waals surface area contributed by atoms with Crippen LogP contribution in [-0.4, -0.2) is 33.4 Å². The van der Waals surface area contributed by atoms with E-state index in [1.54, 1.807) is 0 Å². The Labute approximate surface area is 210 Å². The van der Waals surface area contributed by atoms with Crippen molar-refractivity contribution < 1.29 is 24.9 Å². The van der Waals surface area contributed by atoms with Crippen molar-refractivity contribution in [3.8, 4) is 0 Å². The molecule has 4 saturated carbocycles. The van der Waals surface area contributed by atoms with Gasteiger partial charge in [-0.2, -0.15) is 0 Å². The van der Waals surface area contributed by atoms with Gasteiger partial charge in [0.15, 0.2) is 0 Å². The summed E-state index contributed by atoms with van der Waals surface area (Å²) in [6, 6.07) is 0. The Morgan fingerprint density at radius 2 is 1.49 bits per heavy atom. The molecule has 5 nitrogen and oxygen atoms in total. The molecule has 5 aliphatic carbocycles. The molecule has 9 atom stereocenters. The number of carboxylic acids is 2. The van der Waals surface area contributed by atoms with E-state index in [2.05, 4.69) is 40.7 Å². The number of rotatable bonds is 2. The molecule has 2 unspecified atom stereocenters. The monoisotopic (exact) mass is 486 g/mol. The van der Waals surface area contributed by atoms with Crippen molar-refractivity contribution in [2.45, 2.75) is 112 Å². The molecule has 0 aromatic carbocycles. The van der Waals surface area contributed by atoms with E-state index in [4.69, 9.17) is 0 Å². The molecule has 0 aromatic heterocycles. The van der Waals surface area contributed by atoms with E-state index in [0.29, 0.717) is 37.5 Å². The quantitative estimate of drug-likeness (QED) is 0.398. The van der Waals surface area contributed by atoms with E-state index in [1.165, 1.54) is 5.57 Å². The molecule has 0 heterocycles. The maximum atomic E-state index is 12.8. The van der Waals surface area contributed by atoms with Gasteiger partial charge in [0.2, 0.25) is 0 Å². The van der Waals surface area contributed by atoms with Crippen molar-refractivity contribution in [1.29, 1.82) is 0 Å². The number of aliphatic hydroxyl groups excluding tert-OH is 1. The first-order valence-corrected chi connectivity index (χ1v) is 13.9. The SMILES string of the molecule is CC1(C(=O)O)CC[C@]2(C(=O)O)CC[C@]3(C)C(=CC[C@@H]4[C@@]5(C)CC[C@H](O)C(C)(C)C5CC[C@]43C)[C@H]2C1. The van der Waals surface area contributed by atoms with Crippen molar-refractivity contribution in [2.24, 2.45) is 50.2 Å². The highest BCUT2D eigenvalue weighted by Gasteiger charge is 2.69. The molecule has 196 valence electrons. The van der Waals surface area contributed by atoms with E-state index in [1.807, 2.05) is 6.92 Å². The molecule has 5 heteroatoms. The average Bonchev–Trinajstić information content (AvgIpc) is 2.77. The molecule has 5 rings (SSSR count). The molecule has 0 aliphatic heterocycles. The number of allylic oxidation sites excluding steroid dienone is 2. The highest BCUT2D eigenvalue weighted by Crippen LogP contribution is 2.75. The average molecular weight is 487 g/mol. The van der Waals surface area contributed by atoms with Crippen LogP contribution in [0.3, 0.4) is 0 Å². The van der Waals surface area contributed by atoms with E-state index >= 15 is 0 Å². The lowest BCUT2D eigenvalue weighted by atomic mass is 9.33. The van der Waals surface area contributed by atoms with Crippen molar-refractivity contribution in [2.75, 3.05) is 0 Å². The van der Waals surface area contributed by atoms with Crippen molar-refractivity contribution in [3.63, 3.8) is 0 Å². The fourth-order valence-electron chi connectivity index (χ4n) is 10.6. The predicted molar refractivity (Wildman–Crippen MR) is 135 cm³/mol. The topological polar surface area (TPSA) is 94.8 Å². The predicted octanol–water partition coefficient (Wildman–Crippen LogP) is 6.30. The third-order valence-corrected chi connectivity index (χ3v) is 13.3. The largest absolute Gasteiger partial charge is 0.481 e. The van der Waals surface area contributed by atoms with Crippen LogP contribution < -0.4 is 0 Å². The molecule has 0 radical (unpaired) electrons. The summed E-state index contributed by atoms with van der Waals surface area (Å²) in [5, 5.41) is 31.4. The molecule has 0 spiro atoms. The standard InChI is InChI=1S/C30H46O5/c1-25(2)20-9-12-29(6)21(27(20,4)11-10-22(25)31)8-7-18-19-17-26(3,23(32)33)13-15-30(19,24(34)35)16-14-28(18,29)5/h7,19-22,31H,8-17H2,1-6H3,(H,32,33)(H,34,35)/t19-,20?,21-,22+,26?,27+,28-,29-,30+/m1/s1. The summed E-state index contributed by atoms with van der Waals surface area (Å²) in [4.78, 5) is 25.0. The van der Waals surface area contributed by atoms with Crippen LogP contribution in [0.5, 0.6) is 0 Å². The molecule has 0 aromatic rings. The second-order valence-electron chi connectivity index (χ2n) is 14.8. The van der Waals surface area contributed by atoms with Crippen molar-refractivity contribution in [3.05, 3.63) is 11.6 Å². The Kier molecular flexibility index (Phi) is 5.32. The number of hydrogen-bond donors (Lipinski definition) is 3. The fourth-order valence-corrected chi connectivity index (χ4v) is 10.6. The Morgan fingerprint density at radius 1 is 0.829 bits per heavy atom. The zero-order valence-electron chi connectivity index (χ0n) is 22.6. The van der Waals surface area contributed by atoms with E-state index in [0.717, 1.165) is 38.5 Å². The minimum Gasteiger partial charge on any atom is -0.481 e. The third kappa shape index (κ3) is 2.97. The molecular formula is C30H46O5. The van der Waals surface area contributed by atoms with Crippen LogP contribution in [0.25, 0.3) is 0 Å². The number of aliphatic carboxylic acids is 2. The second kappa shape index (κ2) is 7.36. The van der Waals surface area contributed by atoms with Gasteiger partial charge in [-0.15, -0.1) is 0 Å². The lowest BCUT2D eigenvalue weighted by Gasteiger charge is -2.71. The number of fused-ring (bicyclic) bond motifs is 7. The maximum absolute atomic E-state index is 12.8. The second-order valence-corrected chi connectivity index (χ2v) is 14.8. The molecular weight excluding hydrogens is 440 g/mol. The van der Waals surface area contributed by atoms with Crippen LogP contribution >= 0.6 is 0 Å². The molecule has 3 N–H and O–H groups in total. The van der Waals surface area contributed by atoms with Gasteiger partial charge >= 0.3 is 11.9 Å². The molecule has 0 amide bonds. The van der Waals surface area contributed by atoms with E-state index in [-0.39, 0.29) is 33.7 Å². The molecule has 4 fully saturated rings. The molecule has 0 saturated heterocycles. The van der Waals surface area contributed by atoms with E-state index < -0.39 is 22.8 Å².